The molecule has 0 amide bonds. The first kappa shape index (κ1) is 22.2. The summed E-state index contributed by atoms with van der Waals surface area (Å²) in [6.45, 7) is 10.8. The van der Waals surface area contributed by atoms with Gasteiger partial charge in [-0.05, 0) is 43.4 Å². The van der Waals surface area contributed by atoms with Crippen LogP contribution in [-0.2, 0) is 9.53 Å². The first-order chi connectivity index (χ1) is 15.3. The summed E-state index contributed by atoms with van der Waals surface area (Å²) in [5.41, 5.74) is 3.48. The van der Waals surface area contributed by atoms with E-state index in [9.17, 15) is 9.90 Å². The molecule has 0 unspecified atom stereocenters. The first-order valence-electron chi connectivity index (χ1n) is 12.1. The number of hydrogen-bond acceptors (Lipinski definition) is 5. The lowest BCUT2D eigenvalue weighted by Crippen LogP contribution is -2.55. The molecular formula is C26H35ClN2O3. The Balaban J connectivity index is 1.28. The summed E-state index contributed by atoms with van der Waals surface area (Å²) in [7, 11) is 0. The second-order valence-corrected chi connectivity index (χ2v) is 11.0. The maximum absolute atomic E-state index is 12.9. The van der Waals surface area contributed by atoms with Gasteiger partial charge in [0.2, 0.25) is 0 Å². The Hall–Kier alpha value is -1.56. The van der Waals surface area contributed by atoms with Crippen molar-refractivity contribution in [1.29, 1.82) is 0 Å². The highest BCUT2D eigenvalue weighted by Crippen LogP contribution is 2.56. The third kappa shape index (κ3) is 3.57. The lowest BCUT2D eigenvalue weighted by Gasteiger charge is -2.52. The van der Waals surface area contributed by atoms with Crippen LogP contribution in [0.25, 0.3) is 0 Å². The predicted molar refractivity (Wildman–Crippen MR) is 127 cm³/mol. The van der Waals surface area contributed by atoms with Crippen LogP contribution in [0.3, 0.4) is 0 Å². The van der Waals surface area contributed by atoms with Crippen molar-refractivity contribution in [1.82, 2.24) is 4.90 Å². The molecule has 1 saturated carbocycles. The average Bonchev–Trinajstić information content (AvgIpc) is 3.08. The van der Waals surface area contributed by atoms with E-state index in [2.05, 4.69) is 42.7 Å². The van der Waals surface area contributed by atoms with Crippen LogP contribution in [0.2, 0.25) is 5.02 Å². The minimum atomic E-state index is -0.533. The number of carbonyl (C=O) groups excluding carboxylic acids is 1. The summed E-state index contributed by atoms with van der Waals surface area (Å²) in [6.07, 6.45) is 4.52. The second-order valence-electron chi connectivity index (χ2n) is 10.5. The van der Waals surface area contributed by atoms with Gasteiger partial charge in [0, 0.05) is 61.2 Å². The third-order valence-electron chi connectivity index (χ3n) is 8.91. The van der Waals surface area contributed by atoms with Crippen LogP contribution in [0.1, 0.15) is 38.7 Å². The fourth-order valence-electron chi connectivity index (χ4n) is 6.65. The lowest BCUT2D eigenvalue weighted by atomic mass is 9.55. The molecule has 0 radical (unpaired) electrons. The molecule has 2 aliphatic heterocycles. The normalized spacial score (nSPS) is 37.5. The Kier molecular flexibility index (Phi) is 5.80. The number of fused-ring (bicyclic) bond motifs is 2. The summed E-state index contributed by atoms with van der Waals surface area (Å²) in [5, 5.41) is 12.3. The van der Waals surface area contributed by atoms with E-state index < -0.39 is 6.10 Å². The topological polar surface area (TPSA) is 53.0 Å². The van der Waals surface area contributed by atoms with Gasteiger partial charge in [-0.1, -0.05) is 43.2 Å². The number of aliphatic hydroxyl groups excluding tert-OH is 1. The molecule has 5 rings (SSSR count). The highest BCUT2D eigenvalue weighted by Gasteiger charge is 2.59. The van der Waals surface area contributed by atoms with Crippen molar-refractivity contribution in [3.05, 3.63) is 40.4 Å². The number of piperazine rings is 1. The molecule has 1 N–H and O–H groups in total. The molecule has 0 aromatic heterocycles. The van der Waals surface area contributed by atoms with Gasteiger partial charge in [-0.25, -0.2) is 0 Å². The number of halogens is 1. The van der Waals surface area contributed by atoms with Gasteiger partial charge in [0.15, 0.2) is 0 Å². The zero-order valence-electron chi connectivity index (χ0n) is 19.4. The van der Waals surface area contributed by atoms with Crippen molar-refractivity contribution >= 4 is 23.3 Å². The van der Waals surface area contributed by atoms with E-state index in [1.54, 1.807) is 0 Å². The van der Waals surface area contributed by atoms with Crippen molar-refractivity contribution in [2.75, 3.05) is 37.6 Å². The molecule has 1 aromatic rings. The van der Waals surface area contributed by atoms with Gasteiger partial charge < -0.3 is 14.7 Å². The number of aliphatic hydroxyl groups is 1. The number of hydrogen-bond donors (Lipinski definition) is 1. The molecule has 1 aromatic carbocycles. The molecule has 0 bridgehead atoms. The van der Waals surface area contributed by atoms with Gasteiger partial charge >= 0.3 is 5.97 Å². The van der Waals surface area contributed by atoms with Crippen LogP contribution in [0, 0.1) is 30.1 Å². The standard InChI is InChI=1S/C26H35ClN2O3/c1-16-7-8-19(27)14-21(16)29-11-9-28(10-12-29)15-20-23-22(32-25(20)31)13-18-6-4-5-17(2)26(18,3)24(23)30/h6-8,14,17,20,22-24,30H,4-5,9-13,15H2,1-3H3/t17-,20-,22+,23-,24-,26+/m0/s1. The molecular weight excluding hydrogens is 424 g/mol. The summed E-state index contributed by atoms with van der Waals surface area (Å²) in [6, 6.07) is 6.04. The van der Waals surface area contributed by atoms with Gasteiger partial charge in [-0.3, -0.25) is 9.69 Å². The summed E-state index contributed by atoms with van der Waals surface area (Å²) in [4.78, 5) is 17.7. The van der Waals surface area contributed by atoms with Gasteiger partial charge in [0.05, 0.1) is 12.0 Å². The van der Waals surface area contributed by atoms with E-state index in [1.807, 2.05) is 12.1 Å². The van der Waals surface area contributed by atoms with E-state index in [0.717, 1.165) is 50.5 Å². The van der Waals surface area contributed by atoms with E-state index in [0.29, 0.717) is 12.5 Å². The Bertz CT molecular complexity index is 926. The van der Waals surface area contributed by atoms with Crippen LogP contribution in [0.4, 0.5) is 5.69 Å². The molecule has 32 heavy (non-hydrogen) atoms. The summed E-state index contributed by atoms with van der Waals surface area (Å²) >= 11 is 6.23. The Morgan fingerprint density at radius 3 is 2.75 bits per heavy atom. The maximum Gasteiger partial charge on any atom is 0.311 e. The number of ether oxygens (including phenoxy) is 1. The SMILES string of the molecule is Cc1ccc(Cl)cc1N1CCN(C[C@@H]2C(=O)O[C@@H]3CC4=CCC[C@H](C)[C@@]4(C)[C@@H](O)[C@@H]23)CC1. The van der Waals surface area contributed by atoms with Crippen molar-refractivity contribution in [3.63, 3.8) is 0 Å². The van der Waals surface area contributed by atoms with Crippen molar-refractivity contribution < 1.29 is 14.6 Å². The molecule has 6 atom stereocenters. The lowest BCUT2D eigenvalue weighted by molar-refractivity contribution is -0.145. The minimum Gasteiger partial charge on any atom is -0.461 e. The highest BCUT2D eigenvalue weighted by molar-refractivity contribution is 6.30. The van der Waals surface area contributed by atoms with E-state index in [4.69, 9.17) is 16.3 Å². The molecule has 2 aliphatic carbocycles. The van der Waals surface area contributed by atoms with Gasteiger partial charge in [0.25, 0.3) is 0 Å². The van der Waals surface area contributed by atoms with E-state index in [-0.39, 0.29) is 29.3 Å². The average molecular weight is 459 g/mol. The highest BCUT2D eigenvalue weighted by atomic mass is 35.5. The molecule has 5 nitrogen and oxygen atoms in total. The zero-order valence-corrected chi connectivity index (χ0v) is 20.1. The van der Waals surface area contributed by atoms with Gasteiger partial charge in [-0.2, -0.15) is 0 Å². The number of carbonyl (C=O) groups is 1. The Morgan fingerprint density at radius 2 is 2.00 bits per heavy atom. The number of nitrogens with zero attached hydrogens (tertiary/aromatic N) is 2. The molecule has 174 valence electrons. The molecule has 0 spiro atoms. The number of anilines is 1. The van der Waals surface area contributed by atoms with E-state index >= 15 is 0 Å². The van der Waals surface area contributed by atoms with Crippen LogP contribution < -0.4 is 4.90 Å². The monoisotopic (exact) mass is 458 g/mol. The number of benzene rings is 1. The third-order valence-corrected chi connectivity index (χ3v) is 9.14. The van der Waals surface area contributed by atoms with Crippen LogP contribution in [0.5, 0.6) is 0 Å². The predicted octanol–water partition coefficient (Wildman–Crippen LogP) is 4.06. The molecule has 3 fully saturated rings. The van der Waals surface area contributed by atoms with Crippen LogP contribution in [0.15, 0.2) is 29.8 Å². The van der Waals surface area contributed by atoms with E-state index in [1.165, 1.54) is 16.8 Å². The smallest absolute Gasteiger partial charge is 0.311 e. The maximum atomic E-state index is 12.9. The molecule has 4 aliphatic rings. The van der Waals surface area contributed by atoms with Gasteiger partial charge in [-0.15, -0.1) is 0 Å². The number of esters is 1. The largest absolute Gasteiger partial charge is 0.461 e. The Morgan fingerprint density at radius 1 is 1.25 bits per heavy atom. The first-order valence-corrected chi connectivity index (χ1v) is 12.5. The number of allylic oxidation sites excluding steroid dienone is 1. The Labute approximate surface area is 196 Å². The van der Waals surface area contributed by atoms with Crippen LogP contribution in [-0.4, -0.2) is 60.9 Å². The number of aryl methyl sites for hydroxylation is 1. The quantitative estimate of drug-likeness (QED) is 0.547. The fraction of sp³-hybridized carbons (Fsp3) is 0.654. The molecule has 2 heterocycles. The van der Waals surface area contributed by atoms with Crippen LogP contribution >= 0.6 is 11.6 Å². The van der Waals surface area contributed by atoms with Gasteiger partial charge in [0.1, 0.15) is 6.10 Å². The summed E-state index contributed by atoms with van der Waals surface area (Å²) in [5.74, 6) is -0.0673. The van der Waals surface area contributed by atoms with Crippen molar-refractivity contribution in [2.24, 2.45) is 23.2 Å². The van der Waals surface area contributed by atoms with Crippen molar-refractivity contribution in [2.45, 2.75) is 52.2 Å². The fourth-order valence-corrected chi connectivity index (χ4v) is 6.81. The second kappa shape index (κ2) is 8.34. The summed E-state index contributed by atoms with van der Waals surface area (Å²) < 4.78 is 5.85. The minimum absolute atomic E-state index is 0.113. The molecule has 2 saturated heterocycles. The molecule has 6 heteroatoms. The van der Waals surface area contributed by atoms with Crippen molar-refractivity contribution in [3.8, 4) is 0 Å². The zero-order chi connectivity index (χ0) is 22.6. The number of rotatable bonds is 3.